The predicted molar refractivity (Wildman–Crippen MR) is 113 cm³/mol. The molecule has 0 N–H and O–H groups in total. The van der Waals surface area contributed by atoms with Crippen molar-refractivity contribution in [2.24, 2.45) is 23.7 Å². The molecule has 31 heavy (non-hydrogen) atoms. The third kappa shape index (κ3) is 3.17. The second-order valence-electron chi connectivity index (χ2n) is 8.50. The van der Waals surface area contributed by atoms with Crippen LogP contribution < -0.4 is 0 Å². The van der Waals surface area contributed by atoms with E-state index in [4.69, 9.17) is 11.6 Å². The third-order valence-corrected chi connectivity index (χ3v) is 7.20. The molecule has 6 nitrogen and oxygen atoms in total. The van der Waals surface area contributed by atoms with Gasteiger partial charge in [0.25, 0.3) is 17.7 Å². The van der Waals surface area contributed by atoms with Gasteiger partial charge in [0.15, 0.2) is 5.78 Å². The van der Waals surface area contributed by atoms with Crippen molar-refractivity contribution in [3.63, 3.8) is 0 Å². The molecule has 0 spiro atoms. The number of Topliss-reactive ketones (excluding diaryl/α,β-unsaturated/α-hetero) is 1. The van der Waals surface area contributed by atoms with Gasteiger partial charge in [0.05, 0.1) is 22.4 Å². The van der Waals surface area contributed by atoms with Crippen molar-refractivity contribution >= 4 is 35.1 Å². The highest BCUT2D eigenvalue weighted by atomic mass is 35.5. The second-order valence-corrected chi connectivity index (χ2v) is 8.91. The maximum atomic E-state index is 13.5. The summed E-state index contributed by atoms with van der Waals surface area (Å²) in [5.41, 5.74) is 0.546. The molecule has 1 heterocycles. The van der Waals surface area contributed by atoms with Gasteiger partial charge in [-0.05, 0) is 43.2 Å². The van der Waals surface area contributed by atoms with Crippen molar-refractivity contribution in [1.82, 2.24) is 10.0 Å². The van der Waals surface area contributed by atoms with Crippen LogP contribution in [0.5, 0.6) is 0 Å². The number of hydrogen-bond acceptors (Lipinski definition) is 4. The Bertz CT molecular complexity index is 1060. The van der Waals surface area contributed by atoms with Crippen molar-refractivity contribution in [2.45, 2.75) is 19.3 Å². The van der Waals surface area contributed by atoms with E-state index in [0.29, 0.717) is 5.56 Å². The van der Waals surface area contributed by atoms with E-state index < -0.39 is 12.5 Å². The first-order valence-electron chi connectivity index (χ1n) is 10.5. The molecule has 5 rings (SSSR count). The summed E-state index contributed by atoms with van der Waals surface area (Å²) in [5, 5.41) is 2.13. The number of carbonyl (C=O) groups excluding carboxylic acids is 4. The number of imide groups is 1. The first kappa shape index (κ1) is 19.9. The largest absolute Gasteiger partial charge is 0.292 e. The lowest BCUT2D eigenvalue weighted by Gasteiger charge is -2.31. The standard InChI is InChI=1S/C24H21ClN2O4/c25-18-9-5-4-8-17(18)22(29)26(13-19(28)14-6-2-1-3-7-14)27-23(30)20-15-10-11-16(12-15)21(20)24(27)31/h1-9,15-16,20-21H,10-13H2/t15-,16-,20-,21-/m0/s1. The number of amides is 3. The quantitative estimate of drug-likeness (QED) is 0.530. The summed E-state index contributed by atoms with van der Waals surface area (Å²) < 4.78 is 0. The number of halogens is 1. The Balaban J connectivity index is 1.52. The molecule has 3 aliphatic rings. The van der Waals surface area contributed by atoms with Crippen molar-refractivity contribution in [1.29, 1.82) is 0 Å². The molecule has 2 aromatic rings. The number of nitrogens with zero attached hydrogens (tertiary/aromatic N) is 2. The predicted octanol–water partition coefficient (Wildman–Crippen LogP) is 3.61. The molecule has 158 valence electrons. The molecule has 0 radical (unpaired) electrons. The molecule has 0 aromatic heterocycles. The normalized spacial score (nSPS) is 26.3. The first-order valence-corrected chi connectivity index (χ1v) is 10.9. The fraction of sp³-hybridized carbons (Fsp3) is 0.333. The fourth-order valence-electron chi connectivity index (χ4n) is 5.49. The molecular formula is C24H21ClN2O4. The monoisotopic (exact) mass is 436 g/mol. The maximum Gasteiger partial charge on any atom is 0.274 e. The summed E-state index contributed by atoms with van der Waals surface area (Å²) in [4.78, 5) is 53.1. The molecule has 1 saturated heterocycles. The topological polar surface area (TPSA) is 74.8 Å². The van der Waals surface area contributed by atoms with Crippen LogP contribution in [0.1, 0.15) is 40.0 Å². The van der Waals surface area contributed by atoms with Crippen molar-refractivity contribution < 1.29 is 19.2 Å². The lowest BCUT2D eigenvalue weighted by atomic mass is 9.81. The molecule has 2 aromatic carbocycles. The molecule has 4 atom stereocenters. The van der Waals surface area contributed by atoms with E-state index in [1.807, 2.05) is 0 Å². The van der Waals surface area contributed by atoms with E-state index in [9.17, 15) is 19.2 Å². The van der Waals surface area contributed by atoms with Crippen LogP contribution in [0.3, 0.4) is 0 Å². The average molecular weight is 437 g/mol. The van der Waals surface area contributed by atoms with E-state index in [-0.39, 0.29) is 51.9 Å². The van der Waals surface area contributed by atoms with E-state index in [0.717, 1.165) is 29.3 Å². The van der Waals surface area contributed by atoms with Gasteiger partial charge >= 0.3 is 0 Å². The Kier molecular flexibility index (Phi) is 4.89. The summed E-state index contributed by atoms with van der Waals surface area (Å²) >= 11 is 6.23. The van der Waals surface area contributed by atoms with Crippen LogP contribution in [0.15, 0.2) is 54.6 Å². The molecule has 1 aliphatic heterocycles. The molecule has 2 aliphatic carbocycles. The third-order valence-electron chi connectivity index (χ3n) is 6.87. The second kappa shape index (κ2) is 7.61. The summed E-state index contributed by atoms with van der Waals surface area (Å²) in [7, 11) is 0. The average Bonchev–Trinajstić information content (AvgIpc) is 3.46. The van der Waals surface area contributed by atoms with Gasteiger partial charge in [0, 0.05) is 5.56 Å². The van der Waals surface area contributed by atoms with Gasteiger partial charge < -0.3 is 0 Å². The van der Waals surface area contributed by atoms with Crippen LogP contribution in [-0.4, -0.2) is 40.1 Å². The van der Waals surface area contributed by atoms with Gasteiger partial charge in [-0.1, -0.05) is 54.1 Å². The molecular weight excluding hydrogens is 416 g/mol. The fourth-order valence-corrected chi connectivity index (χ4v) is 5.71. The number of hydrogen-bond donors (Lipinski definition) is 0. The number of carbonyl (C=O) groups is 4. The van der Waals surface area contributed by atoms with Crippen LogP contribution in [0.2, 0.25) is 5.02 Å². The van der Waals surface area contributed by atoms with Gasteiger partial charge in [0.1, 0.15) is 6.54 Å². The van der Waals surface area contributed by atoms with Gasteiger partial charge in [-0.2, -0.15) is 5.01 Å². The molecule has 2 bridgehead atoms. The minimum absolute atomic E-state index is 0.144. The number of hydrazine groups is 1. The Morgan fingerprint density at radius 1 is 0.903 bits per heavy atom. The number of rotatable bonds is 5. The Morgan fingerprint density at radius 3 is 2.10 bits per heavy atom. The number of benzene rings is 2. The summed E-state index contributed by atoms with van der Waals surface area (Å²) in [5.74, 6) is -2.16. The lowest BCUT2D eigenvalue weighted by Crippen LogP contribution is -2.52. The van der Waals surface area contributed by atoms with Crippen LogP contribution in [0.25, 0.3) is 0 Å². The highest BCUT2D eigenvalue weighted by molar-refractivity contribution is 6.34. The van der Waals surface area contributed by atoms with Crippen molar-refractivity contribution in [3.05, 3.63) is 70.7 Å². The molecule has 3 amide bonds. The summed E-state index contributed by atoms with van der Waals surface area (Å²) in [6, 6.07) is 14.9. The van der Waals surface area contributed by atoms with Crippen LogP contribution in [-0.2, 0) is 9.59 Å². The zero-order valence-corrected chi connectivity index (χ0v) is 17.5. The van der Waals surface area contributed by atoms with Gasteiger partial charge in [0.2, 0.25) is 0 Å². The maximum absolute atomic E-state index is 13.5. The number of fused-ring (bicyclic) bond motifs is 5. The zero-order chi connectivity index (χ0) is 21.7. The van der Waals surface area contributed by atoms with Crippen LogP contribution >= 0.6 is 11.6 Å². The first-order chi connectivity index (χ1) is 15.0. The Hall–Kier alpha value is -2.99. The minimum atomic E-state index is -0.635. The molecule has 2 saturated carbocycles. The highest BCUT2D eigenvalue weighted by Gasteiger charge is 2.62. The smallest absolute Gasteiger partial charge is 0.274 e. The van der Waals surface area contributed by atoms with Crippen LogP contribution in [0, 0.1) is 23.7 Å². The summed E-state index contributed by atoms with van der Waals surface area (Å²) in [6.45, 7) is -0.416. The van der Waals surface area contributed by atoms with E-state index in [2.05, 4.69) is 0 Å². The molecule has 0 unspecified atom stereocenters. The SMILES string of the molecule is O=C(CN(C(=O)c1ccccc1Cl)N1C(=O)[C@H]2[C@H]3CC[C@@H](C3)[C@@H]2C1=O)c1ccccc1. The highest BCUT2D eigenvalue weighted by Crippen LogP contribution is 2.56. The van der Waals surface area contributed by atoms with E-state index >= 15 is 0 Å². The van der Waals surface area contributed by atoms with Gasteiger partial charge in [-0.15, -0.1) is 0 Å². The number of ketones is 1. The Morgan fingerprint density at radius 2 is 1.48 bits per heavy atom. The lowest BCUT2D eigenvalue weighted by molar-refractivity contribution is -0.154. The molecule has 7 heteroatoms. The van der Waals surface area contributed by atoms with E-state index in [1.54, 1.807) is 48.5 Å². The Labute approximate surface area is 184 Å². The van der Waals surface area contributed by atoms with Gasteiger partial charge in [-0.3, -0.25) is 19.2 Å². The minimum Gasteiger partial charge on any atom is -0.292 e. The van der Waals surface area contributed by atoms with Crippen LogP contribution in [0.4, 0.5) is 0 Å². The van der Waals surface area contributed by atoms with Gasteiger partial charge in [-0.25, -0.2) is 5.01 Å². The van der Waals surface area contributed by atoms with Crippen molar-refractivity contribution in [2.75, 3.05) is 6.54 Å². The molecule has 3 fully saturated rings. The van der Waals surface area contributed by atoms with E-state index in [1.165, 1.54) is 6.07 Å². The van der Waals surface area contributed by atoms with Crippen molar-refractivity contribution in [3.8, 4) is 0 Å². The summed E-state index contributed by atoms with van der Waals surface area (Å²) in [6.07, 6.45) is 2.75. The zero-order valence-electron chi connectivity index (χ0n) is 16.7.